The molecule has 128 valence electrons. The maximum Gasteiger partial charge on any atom is 0.338 e. The quantitative estimate of drug-likeness (QED) is 0.306. The fourth-order valence-corrected chi connectivity index (χ4v) is 2.30. The van der Waals surface area contributed by atoms with Crippen molar-refractivity contribution >= 4 is 5.97 Å². The van der Waals surface area contributed by atoms with Crippen LogP contribution in [0.25, 0.3) is 0 Å². The van der Waals surface area contributed by atoms with E-state index in [0.717, 1.165) is 12.1 Å². The van der Waals surface area contributed by atoms with Gasteiger partial charge in [-0.2, -0.15) is 0 Å². The van der Waals surface area contributed by atoms with Gasteiger partial charge in [0.25, 0.3) is 0 Å². The normalized spacial score (nSPS) is 30.3. The summed E-state index contributed by atoms with van der Waals surface area (Å²) in [6.45, 7) is 1.08. The Hall–Kier alpha value is -2.07. The molecule has 0 radical (unpaired) electrons. The molecule has 4 unspecified atom stereocenters. The molecule has 1 heterocycles. The van der Waals surface area contributed by atoms with E-state index in [1.54, 1.807) is 6.92 Å². The lowest BCUT2D eigenvalue weighted by Crippen LogP contribution is -2.48. The van der Waals surface area contributed by atoms with E-state index >= 15 is 0 Å². The summed E-state index contributed by atoms with van der Waals surface area (Å²) >= 11 is 0. The van der Waals surface area contributed by atoms with Gasteiger partial charge in [0, 0.05) is 0 Å². The Morgan fingerprint density at radius 3 is 2.30 bits per heavy atom. The van der Waals surface area contributed by atoms with E-state index in [1.807, 2.05) is 0 Å². The second kappa shape index (κ2) is 6.20. The molecule has 0 bridgehead atoms. The maximum absolute atomic E-state index is 11.8. The molecule has 9 heteroatoms. The standard InChI is InChI=1S/C14H18O9/c1-2-14(21)11(18)9(23-13(14)20)5-22-12(19)6-3-7(15)10(17)8(16)4-6/h3-4,9,11,13,15-18,20-21H,2,5H2,1H3. The fourth-order valence-electron chi connectivity index (χ4n) is 2.30. The molecule has 2 rings (SSSR count). The summed E-state index contributed by atoms with van der Waals surface area (Å²) in [7, 11) is 0. The zero-order chi connectivity index (χ0) is 17.4. The van der Waals surface area contributed by atoms with Crippen LogP contribution in [-0.4, -0.2) is 67.3 Å². The monoisotopic (exact) mass is 330 g/mol. The summed E-state index contributed by atoms with van der Waals surface area (Å²) < 4.78 is 9.84. The van der Waals surface area contributed by atoms with Crippen molar-refractivity contribution in [3.05, 3.63) is 17.7 Å². The number of phenols is 3. The lowest BCUT2D eigenvalue weighted by atomic mass is 9.93. The number of aromatic hydroxyl groups is 3. The smallest absolute Gasteiger partial charge is 0.338 e. The summed E-state index contributed by atoms with van der Waals surface area (Å²) in [6.07, 6.45) is -4.19. The van der Waals surface area contributed by atoms with E-state index in [9.17, 15) is 35.4 Å². The number of aliphatic hydroxyl groups excluding tert-OH is 2. The van der Waals surface area contributed by atoms with Gasteiger partial charge in [0.1, 0.15) is 24.4 Å². The van der Waals surface area contributed by atoms with Gasteiger partial charge in [0.2, 0.25) is 0 Å². The molecule has 0 aliphatic carbocycles. The fraction of sp³-hybridized carbons (Fsp3) is 0.500. The number of hydrogen-bond donors (Lipinski definition) is 6. The number of benzene rings is 1. The van der Waals surface area contributed by atoms with Crippen molar-refractivity contribution in [3.63, 3.8) is 0 Å². The van der Waals surface area contributed by atoms with Crippen molar-refractivity contribution in [2.45, 2.75) is 37.4 Å². The second-order valence-corrected chi connectivity index (χ2v) is 5.28. The zero-order valence-corrected chi connectivity index (χ0v) is 12.2. The minimum Gasteiger partial charge on any atom is -0.504 e. The molecule has 23 heavy (non-hydrogen) atoms. The second-order valence-electron chi connectivity index (χ2n) is 5.28. The Balaban J connectivity index is 2.03. The Morgan fingerprint density at radius 1 is 1.26 bits per heavy atom. The molecule has 4 atom stereocenters. The highest BCUT2D eigenvalue weighted by Gasteiger charge is 2.53. The van der Waals surface area contributed by atoms with E-state index < -0.39 is 53.9 Å². The van der Waals surface area contributed by atoms with Crippen molar-refractivity contribution < 1.29 is 44.9 Å². The van der Waals surface area contributed by atoms with Gasteiger partial charge in [-0.3, -0.25) is 0 Å². The highest BCUT2D eigenvalue weighted by Crippen LogP contribution is 2.36. The van der Waals surface area contributed by atoms with Gasteiger partial charge < -0.3 is 40.1 Å². The number of aliphatic hydroxyl groups is 3. The first-order valence-corrected chi connectivity index (χ1v) is 6.86. The lowest BCUT2D eigenvalue weighted by Gasteiger charge is -2.26. The number of esters is 1. The molecule has 1 aliphatic heterocycles. The van der Waals surface area contributed by atoms with Crippen LogP contribution in [0.3, 0.4) is 0 Å². The highest BCUT2D eigenvalue weighted by atomic mass is 16.7. The first kappa shape index (κ1) is 17.3. The minimum absolute atomic E-state index is 0.0273. The van der Waals surface area contributed by atoms with Crippen molar-refractivity contribution in [1.29, 1.82) is 0 Å². The van der Waals surface area contributed by atoms with E-state index in [2.05, 4.69) is 0 Å². The molecule has 6 N–H and O–H groups in total. The SMILES string of the molecule is CCC1(O)C(O)OC(COC(=O)c2cc(O)c(O)c(O)c2)C1O. The van der Waals surface area contributed by atoms with E-state index in [4.69, 9.17) is 9.47 Å². The topological polar surface area (TPSA) is 157 Å². The Kier molecular flexibility index (Phi) is 4.66. The minimum atomic E-state index is -1.86. The van der Waals surface area contributed by atoms with Crippen LogP contribution in [0.4, 0.5) is 0 Å². The van der Waals surface area contributed by atoms with Crippen LogP contribution in [0, 0.1) is 0 Å². The average Bonchev–Trinajstić information content (AvgIpc) is 2.74. The van der Waals surface area contributed by atoms with Crippen LogP contribution in [0.2, 0.25) is 0 Å². The van der Waals surface area contributed by atoms with Gasteiger partial charge in [-0.05, 0) is 18.6 Å². The molecule has 0 saturated carbocycles. The van der Waals surface area contributed by atoms with Crippen molar-refractivity contribution in [1.82, 2.24) is 0 Å². The number of rotatable bonds is 4. The largest absolute Gasteiger partial charge is 0.504 e. The molecule has 1 fully saturated rings. The predicted octanol–water partition coefficient (Wildman–Crippen LogP) is -0.821. The summed E-state index contributed by atoms with van der Waals surface area (Å²) in [5.41, 5.74) is -2.09. The van der Waals surface area contributed by atoms with Gasteiger partial charge >= 0.3 is 5.97 Å². The summed E-state index contributed by atoms with van der Waals surface area (Å²) in [5, 5.41) is 57.5. The van der Waals surface area contributed by atoms with Gasteiger partial charge in [0.05, 0.1) is 5.56 Å². The first-order chi connectivity index (χ1) is 10.7. The van der Waals surface area contributed by atoms with Crippen LogP contribution in [0.1, 0.15) is 23.7 Å². The Morgan fingerprint density at radius 2 is 1.83 bits per heavy atom. The van der Waals surface area contributed by atoms with Crippen LogP contribution in [0.5, 0.6) is 17.2 Å². The predicted molar refractivity (Wildman–Crippen MR) is 73.8 cm³/mol. The van der Waals surface area contributed by atoms with E-state index in [0.29, 0.717) is 0 Å². The number of ether oxygens (including phenoxy) is 2. The number of carbonyl (C=O) groups is 1. The molecular weight excluding hydrogens is 312 g/mol. The first-order valence-electron chi connectivity index (χ1n) is 6.86. The number of hydrogen-bond acceptors (Lipinski definition) is 9. The molecule has 1 aromatic rings. The molecule has 1 aromatic carbocycles. The van der Waals surface area contributed by atoms with Gasteiger partial charge in [-0.25, -0.2) is 4.79 Å². The van der Waals surface area contributed by atoms with Crippen molar-refractivity contribution in [2.75, 3.05) is 6.61 Å². The summed E-state index contributed by atoms with van der Waals surface area (Å²) in [6, 6.07) is 1.78. The van der Waals surface area contributed by atoms with Crippen LogP contribution < -0.4 is 0 Å². The molecule has 0 spiro atoms. The Bertz CT molecular complexity index is 579. The highest BCUT2D eigenvalue weighted by molar-refractivity contribution is 5.91. The molecule has 1 aliphatic rings. The Labute approximate surface area is 130 Å². The van der Waals surface area contributed by atoms with Gasteiger partial charge in [-0.1, -0.05) is 6.92 Å². The third kappa shape index (κ3) is 3.04. The number of carbonyl (C=O) groups excluding carboxylic acids is 1. The molecule has 9 nitrogen and oxygen atoms in total. The maximum atomic E-state index is 11.8. The molecule has 0 aromatic heterocycles. The summed E-state index contributed by atoms with van der Waals surface area (Å²) in [4.78, 5) is 11.8. The van der Waals surface area contributed by atoms with Crippen LogP contribution >= 0.6 is 0 Å². The third-order valence-electron chi connectivity index (χ3n) is 3.85. The number of phenolic OH excluding ortho intramolecular Hbond substituents is 3. The molecular formula is C14H18O9. The molecule has 1 saturated heterocycles. The lowest BCUT2D eigenvalue weighted by molar-refractivity contribution is -0.178. The van der Waals surface area contributed by atoms with E-state index in [1.165, 1.54) is 0 Å². The molecule has 0 amide bonds. The summed E-state index contributed by atoms with van der Waals surface area (Å²) in [5.74, 6) is -3.14. The van der Waals surface area contributed by atoms with Crippen LogP contribution in [-0.2, 0) is 9.47 Å². The third-order valence-corrected chi connectivity index (χ3v) is 3.85. The zero-order valence-electron chi connectivity index (χ0n) is 12.2. The van der Waals surface area contributed by atoms with Crippen molar-refractivity contribution in [2.24, 2.45) is 0 Å². The average molecular weight is 330 g/mol. The van der Waals surface area contributed by atoms with Gasteiger partial charge in [-0.15, -0.1) is 0 Å². The van der Waals surface area contributed by atoms with Gasteiger partial charge in [0.15, 0.2) is 23.5 Å². The van der Waals surface area contributed by atoms with Crippen molar-refractivity contribution in [3.8, 4) is 17.2 Å². The van der Waals surface area contributed by atoms with E-state index in [-0.39, 0.29) is 12.0 Å². The van der Waals surface area contributed by atoms with Crippen LogP contribution in [0.15, 0.2) is 12.1 Å².